The highest BCUT2D eigenvalue weighted by molar-refractivity contribution is 5.96. The zero-order valence-corrected chi connectivity index (χ0v) is 16.0. The number of rotatable bonds is 3. The van der Waals surface area contributed by atoms with Crippen molar-refractivity contribution in [1.29, 1.82) is 0 Å². The predicted molar refractivity (Wildman–Crippen MR) is 106 cm³/mol. The van der Waals surface area contributed by atoms with Crippen molar-refractivity contribution in [3.05, 3.63) is 71.3 Å². The van der Waals surface area contributed by atoms with Gasteiger partial charge in [0, 0.05) is 24.2 Å². The fraction of sp³-hybridized carbons (Fsp3) is 0.304. The van der Waals surface area contributed by atoms with E-state index in [0.29, 0.717) is 29.7 Å². The van der Waals surface area contributed by atoms with Crippen LogP contribution in [0.2, 0.25) is 0 Å². The molecule has 3 rings (SSSR count). The Hall–Kier alpha value is -3.10. The van der Waals surface area contributed by atoms with E-state index in [0.717, 1.165) is 0 Å². The monoisotopic (exact) mass is 377 g/mol. The lowest BCUT2D eigenvalue weighted by Gasteiger charge is -2.25. The largest absolute Gasteiger partial charge is 0.481 e. The number of carboxylic acid groups (broad SMARTS) is 1. The van der Waals surface area contributed by atoms with E-state index in [2.05, 4.69) is 11.8 Å². The lowest BCUT2D eigenvalue weighted by Crippen LogP contribution is -2.40. The molecule has 0 saturated carbocycles. The van der Waals surface area contributed by atoms with E-state index in [1.807, 2.05) is 18.2 Å². The third kappa shape index (κ3) is 4.08. The SMILES string of the molecule is CC(C)(O)C#Cc1cccc(C(=O)N2CCC(C(=O)O)(c3ccccc3)C2)c1. The molecule has 1 amide bonds. The first kappa shape index (κ1) is 19.7. The second-order valence-corrected chi connectivity index (χ2v) is 7.62. The van der Waals surface area contributed by atoms with Crippen LogP contribution >= 0.6 is 0 Å². The quantitative estimate of drug-likeness (QED) is 0.807. The zero-order chi connectivity index (χ0) is 20.4. The summed E-state index contributed by atoms with van der Waals surface area (Å²) in [5.41, 5.74) is -0.417. The summed E-state index contributed by atoms with van der Waals surface area (Å²) in [6.45, 7) is 3.69. The minimum Gasteiger partial charge on any atom is -0.481 e. The number of hydrogen-bond acceptors (Lipinski definition) is 3. The number of benzene rings is 2. The van der Waals surface area contributed by atoms with Crippen LogP contribution in [-0.4, -0.2) is 45.7 Å². The van der Waals surface area contributed by atoms with Gasteiger partial charge in [-0.2, -0.15) is 0 Å². The van der Waals surface area contributed by atoms with Gasteiger partial charge in [-0.05, 0) is 44.0 Å². The summed E-state index contributed by atoms with van der Waals surface area (Å²) in [5, 5.41) is 19.6. The first-order valence-electron chi connectivity index (χ1n) is 9.15. The van der Waals surface area contributed by atoms with Gasteiger partial charge >= 0.3 is 5.97 Å². The lowest BCUT2D eigenvalue weighted by atomic mass is 9.80. The molecule has 1 aliphatic heterocycles. The maximum atomic E-state index is 13.0. The molecule has 2 aromatic carbocycles. The van der Waals surface area contributed by atoms with Crippen molar-refractivity contribution < 1.29 is 19.8 Å². The van der Waals surface area contributed by atoms with Crippen molar-refractivity contribution in [3.63, 3.8) is 0 Å². The highest BCUT2D eigenvalue weighted by Crippen LogP contribution is 2.35. The Kier molecular flexibility index (Phi) is 5.26. The van der Waals surface area contributed by atoms with Crippen molar-refractivity contribution >= 4 is 11.9 Å². The van der Waals surface area contributed by atoms with Gasteiger partial charge in [0.1, 0.15) is 11.0 Å². The molecule has 0 aliphatic carbocycles. The van der Waals surface area contributed by atoms with Gasteiger partial charge in [-0.3, -0.25) is 9.59 Å². The summed E-state index contributed by atoms with van der Waals surface area (Å²) in [7, 11) is 0. The second-order valence-electron chi connectivity index (χ2n) is 7.62. The number of nitrogens with zero attached hydrogens (tertiary/aromatic N) is 1. The molecule has 2 aromatic rings. The molecule has 0 bridgehead atoms. The third-order valence-electron chi connectivity index (χ3n) is 4.91. The Morgan fingerprint density at radius 1 is 1.11 bits per heavy atom. The Morgan fingerprint density at radius 2 is 1.82 bits per heavy atom. The van der Waals surface area contributed by atoms with Crippen molar-refractivity contribution in [3.8, 4) is 11.8 Å². The normalized spacial score (nSPS) is 19.0. The second kappa shape index (κ2) is 7.49. The minimum atomic E-state index is -1.12. The van der Waals surface area contributed by atoms with E-state index in [4.69, 9.17) is 0 Å². The summed E-state index contributed by atoms with van der Waals surface area (Å²) in [6, 6.07) is 15.9. The fourth-order valence-corrected chi connectivity index (χ4v) is 3.41. The van der Waals surface area contributed by atoms with Gasteiger partial charge in [0.2, 0.25) is 0 Å². The maximum absolute atomic E-state index is 13.0. The van der Waals surface area contributed by atoms with E-state index >= 15 is 0 Å². The van der Waals surface area contributed by atoms with Gasteiger partial charge in [0.05, 0.1) is 0 Å². The lowest BCUT2D eigenvalue weighted by molar-refractivity contribution is -0.143. The van der Waals surface area contributed by atoms with E-state index in [1.165, 1.54) is 0 Å². The summed E-state index contributed by atoms with van der Waals surface area (Å²) >= 11 is 0. The summed E-state index contributed by atoms with van der Waals surface area (Å²) in [4.78, 5) is 26.6. The van der Waals surface area contributed by atoms with Crippen LogP contribution in [0.1, 0.15) is 41.8 Å². The van der Waals surface area contributed by atoms with Gasteiger partial charge in [0.25, 0.3) is 5.91 Å². The molecule has 1 fully saturated rings. The van der Waals surface area contributed by atoms with E-state index in [-0.39, 0.29) is 12.5 Å². The molecule has 0 aromatic heterocycles. The van der Waals surface area contributed by atoms with Crippen LogP contribution in [0.25, 0.3) is 0 Å². The predicted octanol–water partition coefficient (Wildman–Crippen LogP) is 2.68. The standard InChI is InChI=1S/C23H23NO4/c1-22(2,28)12-11-17-7-6-8-18(15-17)20(25)24-14-13-23(16-24,21(26)27)19-9-4-3-5-10-19/h3-10,15,28H,13-14,16H2,1-2H3,(H,26,27). The fourth-order valence-electron chi connectivity index (χ4n) is 3.41. The number of aliphatic carboxylic acids is 1. The third-order valence-corrected chi connectivity index (χ3v) is 4.91. The Labute approximate surface area is 164 Å². The number of carboxylic acids is 1. The van der Waals surface area contributed by atoms with Crippen molar-refractivity contribution in [1.82, 2.24) is 4.90 Å². The minimum absolute atomic E-state index is 0.130. The molecule has 1 aliphatic rings. The van der Waals surface area contributed by atoms with E-state index in [1.54, 1.807) is 55.1 Å². The molecule has 1 unspecified atom stereocenters. The Bertz CT molecular complexity index is 950. The molecule has 0 radical (unpaired) electrons. The summed E-state index contributed by atoms with van der Waals surface area (Å²) < 4.78 is 0. The first-order valence-corrected chi connectivity index (χ1v) is 9.15. The van der Waals surface area contributed by atoms with Crippen LogP contribution in [0.4, 0.5) is 0 Å². The maximum Gasteiger partial charge on any atom is 0.316 e. The molecule has 1 saturated heterocycles. The molecule has 5 heteroatoms. The molecular weight excluding hydrogens is 354 g/mol. The first-order chi connectivity index (χ1) is 13.2. The topological polar surface area (TPSA) is 77.8 Å². The highest BCUT2D eigenvalue weighted by atomic mass is 16.4. The van der Waals surface area contributed by atoms with Crippen molar-refractivity contribution in [2.45, 2.75) is 31.3 Å². The van der Waals surface area contributed by atoms with Crippen molar-refractivity contribution in [2.75, 3.05) is 13.1 Å². The van der Waals surface area contributed by atoms with Crippen LogP contribution in [0.15, 0.2) is 54.6 Å². The molecule has 144 valence electrons. The van der Waals surface area contributed by atoms with E-state index < -0.39 is 17.0 Å². The summed E-state index contributed by atoms with van der Waals surface area (Å²) in [5.74, 6) is 4.46. The number of aliphatic hydroxyl groups is 1. The van der Waals surface area contributed by atoms with Crippen LogP contribution in [0, 0.1) is 11.8 Å². The van der Waals surface area contributed by atoms with Gasteiger partial charge in [0.15, 0.2) is 0 Å². The molecule has 1 heterocycles. The molecule has 1 atom stereocenters. The Morgan fingerprint density at radius 3 is 2.46 bits per heavy atom. The molecule has 0 spiro atoms. The van der Waals surface area contributed by atoms with E-state index in [9.17, 15) is 19.8 Å². The average molecular weight is 377 g/mol. The number of hydrogen-bond donors (Lipinski definition) is 2. The van der Waals surface area contributed by atoms with Gasteiger partial charge in [-0.1, -0.05) is 48.2 Å². The Balaban J connectivity index is 1.85. The molecule has 5 nitrogen and oxygen atoms in total. The number of carbonyl (C=O) groups excluding carboxylic acids is 1. The molecule has 28 heavy (non-hydrogen) atoms. The molecule has 2 N–H and O–H groups in total. The van der Waals surface area contributed by atoms with Crippen LogP contribution < -0.4 is 0 Å². The van der Waals surface area contributed by atoms with Gasteiger partial charge in [-0.15, -0.1) is 0 Å². The van der Waals surface area contributed by atoms with Gasteiger partial charge < -0.3 is 15.1 Å². The summed E-state index contributed by atoms with van der Waals surface area (Å²) in [6.07, 6.45) is 0.371. The van der Waals surface area contributed by atoms with Gasteiger partial charge in [-0.25, -0.2) is 0 Å². The zero-order valence-electron chi connectivity index (χ0n) is 16.0. The number of amides is 1. The van der Waals surface area contributed by atoms with Crippen LogP contribution in [0.3, 0.4) is 0 Å². The number of carbonyl (C=O) groups is 2. The smallest absolute Gasteiger partial charge is 0.316 e. The van der Waals surface area contributed by atoms with Crippen molar-refractivity contribution in [2.24, 2.45) is 0 Å². The average Bonchev–Trinajstić information content (AvgIpc) is 3.13. The highest BCUT2D eigenvalue weighted by Gasteiger charge is 2.47. The van der Waals surface area contributed by atoms with Crippen LogP contribution in [-0.2, 0) is 10.2 Å². The molecular formula is C23H23NO4. The van der Waals surface area contributed by atoms with Crippen LogP contribution in [0.5, 0.6) is 0 Å². The number of likely N-dealkylation sites (tertiary alicyclic amines) is 1.